The second-order valence-corrected chi connectivity index (χ2v) is 10.1. The Bertz CT molecular complexity index is 1280. The number of methoxy groups -OCH3 is 1. The highest BCUT2D eigenvalue weighted by Gasteiger charge is 2.35. The van der Waals surface area contributed by atoms with Gasteiger partial charge in [0.05, 0.1) is 23.6 Å². The highest BCUT2D eigenvalue weighted by Crippen LogP contribution is 2.39. The summed E-state index contributed by atoms with van der Waals surface area (Å²) >= 11 is 16.8. The maximum absolute atomic E-state index is 12.9. The number of carbonyl (C=O) groups is 2. The third-order valence-electron chi connectivity index (χ3n) is 4.95. The largest absolute Gasteiger partial charge is 0.493 e. The van der Waals surface area contributed by atoms with E-state index in [9.17, 15) is 9.59 Å². The maximum Gasteiger partial charge on any atom is 0.293 e. The van der Waals surface area contributed by atoms with Crippen LogP contribution in [0.1, 0.15) is 16.7 Å². The van der Waals surface area contributed by atoms with Gasteiger partial charge in [-0.3, -0.25) is 14.5 Å². The van der Waals surface area contributed by atoms with Crippen LogP contribution < -0.4 is 9.47 Å². The zero-order valence-corrected chi connectivity index (χ0v) is 21.8. The predicted octanol–water partition coefficient (Wildman–Crippen LogP) is 7.58. The average Bonchev–Trinajstić information content (AvgIpc) is 3.06. The van der Waals surface area contributed by atoms with Gasteiger partial charge in [-0.1, -0.05) is 63.4 Å². The first kappa shape index (κ1) is 24.7. The van der Waals surface area contributed by atoms with E-state index in [-0.39, 0.29) is 17.7 Å². The highest BCUT2D eigenvalue weighted by molar-refractivity contribution is 9.10. The van der Waals surface area contributed by atoms with E-state index in [0.717, 1.165) is 27.4 Å². The molecule has 9 heteroatoms. The Balaban J connectivity index is 1.53. The van der Waals surface area contributed by atoms with Gasteiger partial charge < -0.3 is 9.47 Å². The van der Waals surface area contributed by atoms with Crippen LogP contribution in [0.3, 0.4) is 0 Å². The molecule has 0 radical (unpaired) electrons. The predicted molar refractivity (Wildman–Crippen MR) is 139 cm³/mol. The van der Waals surface area contributed by atoms with E-state index < -0.39 is 0 Å². The molecule has 1 heterocycles. The Labute approximate surface area is 219 Å². The molecule has 1 saturated heterocycles. The van der Waals surface area contributed by atoms with Crippen LogP contribution in [-0.2, 0) is 17.9 Å². The van der Waals surface area contributed by atoms with Crippen LogP contribution in [0.2, 0.25) is 10.0 Å². The van der Waals surface area contributed by atoms with Crippen molar-refractivity contribution in [2.24, 2.45) is 0 Å². The normalized spacial score (nSPS) is 14.7. The van der Waals surface area contributed by atoms with Crippen molar-refractivity contribution in [3.8, 4) is 11.5 Å². The minimum atomic E-state index is -0.374. The molecule has 1 aliphatic rings. The Morgan fingerprint density at radius 2 is 1.79 bits per heavy atom. The van der Waals surface area contributed by atoms with Crippen molar-refractivity contribution in [2.75, 3.05) is 7.11 Å². The lowest BCUT2D eigenvalue weighted by Crippen LogP contribution is -2.27. The van der Waals surface area contributed by atoms with Crippen molar-refractivity contribution in [2.45, 2.75) is 13.2 Å². The van der Waals surface area contributed by atoms with Crippen molar-refractivity contribution in [1.29, 1.82) is 0 Å². The number of rotatable bonds is 7. The SMILES string of the molecule is COc1cc(/C=C2\SC(=O)N(Cc3cccc(Cl)c3)C2=O)cc(Cl)c1OCc1ccc(Br)cc1. The maximum atomic E-state index is 12.9. The van der Waals surface area contributed by atoms with Gasteiger partial charge in [0.2, 0.25) is 0 Å². The molecule has 0 aliphatic carbocycles. The average molecular weight is 579 g/mol. The second kappa shape index (κ2) is 10.9. The molecule has 1 fully saturated rings. The number of imide groups is 1. The number of halogens is 3. The van der Waals surface area contributed by atoms with E-state index in [4.69, 9.17) is 32.7 Å². The third-order valence-corrected chi connectivity index (χ3v) is 6.90. The summed E-state index contributed by atoms with van der Waals surface area (Å²) in [5, 5.41) is 0.536. The van der Waals surface area contributed by atoms with E-state index in [1.807, 2.05) is 30.3 Å². The van der Waals surface area contributed by atoms with Crippen molar-refractivity contribution in [1.82, 2.24) is 4.90 Å². The smallest absolute Gasteiger partial charge is 0.293 e. The van der Waals surface area contributed by atoms with Gasteiger partial charge in [0.25, 0.3) is 11.1 Å². The standard InChI is InChI=1S/C25H18BrCl2NO4S/c1-32-21-11-17(10-20(28)23(21)33-14-15-5-7-18(26)8-6-15)12-22-24(30)29(25(31)34-22)13-16-3-2-4-19(27)9-16/h2-12H,13-14H2,1H3/b22-12-. The Hall–Kier alpha value is -2.45. The summed E-state index contributed by atoms with van der Waals surface area (Å²) in [5.74, 6) is 0.452. The summed E-state index contributed by atoms with van der Waals surface area (Å²) in [4.78, 5) is 26.9. The van der Waals surface area contributed by atoms with Crippen molar-refractivity contribution in [3.05, 3.63) is 96.8 Å². The number of hydrogen-bond donors (Lipinski definition) is 0. The first-order valence-electron chi connectivity index (χ1n) is 10.1. The summed E-state index contributed by atoms with van der Waals surface area (Å²) in [5.41, 5.74) is 2.36. The number of hydrogen-bond acceptors (Lipinski definition) is 5. The molecule has 0 atom stereocenters. The van der Waals surface area contributed by atoms with E-state index in [1.165, 1.54) is 12.0 Å². The van der Waals surface area contributed by atoms with Crippen LogP contribution >= 0.6 is 50.9 Å². The van der Waals surface area contributed by atoms with Gasteiger partial charge >= 0.3 is 0 Å². The molecule has 1 aliphatic heterocycles. The van der Waals surface area contributed by atoms with Gasteiger partial charge in [-0.25, -0.2) is 0 Å². The van der Waals surface area contributed by atoms with Gasteiger partial charge in [-0.2, -0.15) is 0 Å². The zero-order chi connectivity index (χ0) is 24.2. The first-order chi connectivity index (χ1) is 16.3. The minimum Gasteiger partial charge on any atom is -0.493 e. The van der Waals surface area contributed by atoms with Gasteiger partial charge in [0.1, 0.15) is 6.61 Å². The fourth-order valence-electron chi connectivity index (χ4n) is 3.30. The van der Waals surface area contributed by atoms with E-state index in [0.29, 0.717) is 38.6 Å². The summed E-state index contributed by atoms with van der Waals surface area (Å²) in [7, 11) is 1.51. The van der Waals surface area contributed by atoms with Crippen LogP contribution in [-0.4, -0.2) is 23.2 Å². The monoisotopic (exact) mass is 577 g/mol. The first-order valence-corrected chi connectivity index (χ1v) is 12.4. The molecule has 0 saturated carbocycles. The summed E-state index contributed by atoms with van der Waals surface area (Å²) in [6, 6.07) is 18.2. The Kier molecular flexibility index (Phi) is 7.88. The zero-order valence-electron chi connectivity index (χ0n) is 17.9. The van der Waals surface area contributed by atoms with Crippen LogP contribution in [0.15, 0.2) is 70.0 Å². The number of benzene rings is 3. The van der Waals surface area contributed by atoms with Crippen LogP contribution in [0.5, 0.6) is 11.5 Å². The lowest BCUT2D eigenvalue weighted by atomic mass is 10.1. The van der Waals surface area contributed by atoms with Crippen LogP contribution in [0.25, 0.3) is 6.08 Å². The number of ether oxygens (including phenoxy) is 2. The third kappa shape index (κ3) is 5.78. The van der Waals surface area contributed by atoms with Gasteiger partial charge in [0.15, 0.2) is 11.5 Å². The molecule has 4 rings (SSSR count). The van der Waals surface area contributed by atoms with Crippen molar-refractivity contribution < 1.29 is 19.1 Å². The van der Waals surface area contributed by atoms with Crippen molar-refractivity contribution in [3.63, 3.8) is 0 Å². The summed E-state index contributed by atoms with van der Waals surface area (Å²) < 4.78 is 12.4. The summed E-state index contributed by atoms with van der Waals surface area (Å²) in [6.45, 7) is 0.459. The van der Waals surface area contributed by atoms with E-state index >= 15 is 0 Å². The lowest BCUT2D eigenvalue weighted by Gasteiger charge is -2.14. The molecule has 0 aromatic heterocycles. The van der Waals surface area contributed by atoms with Gasteiger partial charge in [0, 0.05) is 9.50 Å². The van der Waals surface area contributed by atoms with Gasteiger partial charge in [-0.15, -0.1) is 0 Å². The molecule has 5 nitrogen and oxygen atoms in total. The number of nitrogens with zero attached hydrogens (tertiary/aromatic N) is 1. The van der Waals surface area contributed by atoms with Crippen molar-refractivity contribution >= 4 is 68.1 Å². The minimum absolute atomic E-state index is 0.148. The molecule has 3 aromatic carbocycles. The molecular weight excluding hydrogens is 561 g/mol. The second-order valence-electron chi connectivity index (χ2n) is 7.35. The van der Waals surface area contributed by atoms with Gasteiger partial charge in [-0.05, 0) is 70.9 Å². The summed E-state index contributed by atoms with van der Waals surface area (Å²) in [6.07, 6.45) is 1.62. The number of amides is 2. The van der Waals surface area contributed by atoms with Crippen LogP contribution in [0, 0.1) is 0 Å². The van der Waals surface area contributed by atoms with Crippen LogP contribution in [0.4, 0.5) is 4.79 Å². The fraction of sp³-hybridized carbons (Fsp3) is 0.120. The molecule has 0 unspecified atom stereocenters. The molecule has 0 N–H and O–H groups in total. The fourth-order valence-corrected chi connectivity index (χ4v) is 4.89. The molecule has 0 spiro atoms. The lowest BCUT2D eigenvalue weighted by molar-refractivity contribution is -0.123. The molecular formula is C25H18BrCl2NO4S. The number of thioether (sulfide) groups is 1. The highest BCUT2D eigenvalue weighted by atomic mass is 79.9. The Morgan fingerprint density at radius 3 is 2.50 bits per heavy atom. The van der Waals surface area contributed by atoms with E-state index in [1.54, 1.807) is 36.4 Å². The topological polar surface area (TPSA) is 55.8 Å². The molecule has 3 aromatic rings. The Morgan fingerprint density at radius 1 is 1.03 bits per heavy atom. The molecule has 174 valence electrons. The quantitative estimate of drug-likeness (QED) is 0.270. The molecule has 0 bridgehead atoms. The van der Waals surface area contributed by atoms with E-state index in [2.05, 4.69) is 15.9 Å². The molecule has 2 amide bonds. The molecule has 34 heavy (non-hydrogen) atoms. The number of carbonyl (C=O) groups excluding carboxylic acids is 2.